The summed E-state index contributed by atoms with van der Waals surface area (Å²) in [5.41, 5.74) is 0.820. The van der Waals surface area contributed by atoms with Gasteiger partial charge in [0, 0.05) is 0 Å². The van der Waals surface area contributed by atoms with E-state index in [0.717, 1.165) is 5.56 Å². The third kappa shape index (κ3) is 8.52. The molecule has 1 rings (SSSR count). The van der Waals surface area contributed by atoms with Crippen molar-refractivity contribution in [3.63, 3.8) is 0 Å². The molecule has 0 aliphatic rings. The van der Waals surface area contributed by atoms with Crippen molar-refractivity contribution in [2.24, 2.45) is 5.92 Å². The third-order valence-corrected chi connectivity index (χ3v) is 4.04. The van der Waals surface area contributed by atoms with E-state index in [4.69, 9.17) is 4.74 Å². The van der Waals surface area contributed by atoms with Crippen LogP contribution in [0, 0.1) is 5.92 Å². The van der Waals surface area contributed by atoms with Crippen LogP contribution in [0.1, 0.15) is 25.8 Å². The summed E-state index contributed by atoms with van der Waals surface area (Å²) < 4.78 is 9.65. The zero-order chi connectivity index (χ0) is 20.9. The van der Waals surface area contributed by atoms with E-state index in [9.17, 15) is 19.2 Å². The molecule has 0 aromatic heterocycles. The number of hydrogen-bond donors (Lipinski definition) is 3. The number of methoxy groups -OCH3 is 1. The molecule has 154 valence electrons. The van der Waals surface area contributed by atoms with Crippen LogP contribution in [0.2, 0.25) is 0 Å². The Balaban J connectivity index is 2.30. The van der Waals surface area contributed by atoms with Crippen LogP contribution in [0.4, 0.5) is 4.79 Å². The van der Waals surface area contributed by atoms with Gasteiger partial charge in [0.15, 0.2) is 0 Å². The monoisotopic (exact) mass is 393 g/mol. The van der Waals surface area contributed by atoms with Gasteiger partial charge in [-0.2, -0.15) is 0 Å². The standard InChI is InChI=1S/C19H27N3O6/c1-4-13(2)17(18(25)27-3)22-16(24)11-20-15(23)10-21-19(26)28-12-14-8-6-5-7-9-14/h5-9,13,17H,4,10-12H2,1-3H3,(H,20,23)(H,21,26)(H,22,24). The molecule has 9 nitrogen and oxygen atoms in total. The number of carbonyl (C=O) groups is 4. The number of amides is 3. The maximum absolute atomic E-state index is 12.0. The highest BCUT2D eigenvalue weighted by molar-refractivity contribution is 5.89. The van der Waals surface area contributed by atoms with Gasteiger partial charge < -0.3 is 25.4 Å². The molecule has 0 spiro atoms. The Hall–Kier alpha value is -3.10. The maximum atomic E-state index is 12.0. The first-order chi connectivity index (χ1) is 13.4. The number of benzene rings is 1. The van der Waals surface area contributed by atoms with Gasteiger partial charge in [-0.05, 0) is 11.5 Å². The molecule has 0 bridgehead atoms. The number of hydrogen-bond acceptors (Lipinski definition) is 6. The lowest BCUT2D eigenvalue weighted by atomic mass is 9.99. The van der Waals surface area contributed by atoms with Crippen LogP contribution < -0.4 is 16.0 Å². The van der Waals surface area contributed by atoms with Crippen molar-refractivity contribution in [1.82, 2.24) is 16.0 Å². The molecule has 0 aliphatic heterocycles. The summed E-state index contributed by atoms with van der Waals surface area (Å²) >= 11 is 0. The van der Waals surface area contributed by atoms with Crippen LogP contribution in [0.3, 0.4) is 0 Å². The molecule has 9 heteroatoms. The molecule has 2 atom stereocenters. The first-order valence-corrected chi connectivity index (χ1v) is 8.95. The Morgan fingerprint density at radius 2 is 1.64 bits per heavy atom. The van der Waals surface area contributed by atoms with Gasteiger partial charge in [0.2, 0.25) is 11.8 Å². The van der Waals surface area contributed by atoms with Crippen LogP contribution >= 0.6 is 0 Å². The zero-order valence-electron chi connectivity index (χ0n) is 16.3. The predicted molar refractivity (Wildman–Crippen MR) is 101 cm³/mol. The fourth-order valence-electron chi connectivity index (χ4n) is 2.19. The second-order valence-electron chi connectivity index (χ2n) is 6.15. The summed E-state index contributed by atoms with van der Waals surface area (Å²) in [5, 5.41) is 7.19. The molecule has 0 saturated carbocycles. The molecule has 2 unspecified atom stereocenters. The smallest absolute Gasteiger partial charge is 0.407 e. The summed E-state index contributed by atoms with van der Waals surface area (Å²) in [6.07, 6.45) is -0.0764. The van der Waals surface area contributed by atoms with Gasteiger partial charge in [0.25, 0.3) is 0 Å². The minimum atomic E-state index is -0.787. The first-order valence-electron chi connectivity index (χ1n) is 8.95. The number of rotatable bonds is 10. The Morgan fingerprint density at radius 3 is 2.25 bits per heavy atom. The number of ether oxygens (including phenoxy) is 2. The molecular formula is C19H27N3O6. The minimum absolute atomic E-state index is 0.0846. The zero-order valence-corrected chi connectivity index (χ0v) is 16.3. The molecular weight excluding hydrogens is 366 g/mol. The van der Waals surface area contributed by atoms with Crippen molar-refractivity contribution in [3.05, 3.63) is 35.9 Å². The van der Waals surface area contributed by atoms with E-state index in [0.29, 0.717) is 6.42 Å². The Morgan fingerprint density at radius 1 is 1.00 bits per heavy atom. The van der Waals surface area contributed by atoms with Crippen LogP contribution in [0.5, 0.6) is 0 Å². The largest absolute Gasteiger partial charge is 0.467 e. The summed E-state index contributed by atoms with van der Waals surface area (Å²) in [6.45, 7) is 3.11. The normalized spacial score (nSPS) is 12.2. The predicted octanol–water partition coefficient (Wildman–Crippen LogP) is 0.733. The van der Waals surface area contributed by atoms with E-state index >= 15 is 0 Å². The number of alkyl carbamates (subject to hydrolysis) is 1. The lowest BCUT2D eigenvalue weighted by molar-refractivity contribution is -0.146. The molecule has 0 saturated heterocycles. The van der Waals surface area contributed by atoms with Gasteiger partial charge >= 0.3 is 12.1 Å². The molecule has 3 amide bonds. The van der Waals surface area contributed by atoms with Gasteiger partial charge in [-0.25, -0.2) is 9.59 Å². The van der Waals surface area contributed by atoms with Gasteiger partial charge in [0.1, 0.15) is 19.2 Å². The second-order valence-corrected chi connectivity index (χ2v) is 6.15. The third-order valence-electron chi connectivity index (χ3n) is 4.04. The molecule has 3 N–H and O–H groups in total. The summed E-state index contributed by atoms with van der Waals surface area (Å²) in [5.74, 6) is -1.76. The Labute approximate surface area is 164 Å². The second kappa shape index (κ2) is 12.3. The lowest BCUT2D eigenvalue weighted by Gasteiger charge is -2.21. The fourth-order valence-corrected chi connectivity index (χ4v) is 2.19. The van der Waals surface area contributed by atoms with Gasteiger partial charge in [-0.1, -0.05) is 50.6 Å². The van der Waals surface area contributed by atoms with E-state index in [-0.39, 0.29) is 25.6 Å². The van der Waals surface area contributed by atoms with E-state index in [2.05, 4.69) is 20.7 Å². The highest BCUT2D eigenvalue weighted by atomic mass is 16.5. The topological polar surface area (TPSA) is 123 Å². The van der Waals surface area contributed by atoms with Crippen LogP contribution in [-0.2, 0) is 30.5 Å². The molecule has 1 aromatic rings. The summed E-state index contributed by atoms with van der Waals surface area (Å²) in [6, 6.07) is 8.31. The Kier molecular flexibility index (Phi) is 10.1. The fraction of sp³-hybridized carbons (Fsp3) is 0.474. The van der Waals surface area contributed by atoms with E-state index in [1.807, 2.05) is 32.0 Å². The number of carbonyl (C=O) groups excluding carboxylic acids is 4. The van der Waals surface area contributed by atoms with Crippen LogP contribution in [0.15, 0.2) is 30.3 Å². The summed E-state index contributed by atoms with van der Waals surface area (Å²) in [4.78, 5) is 47.0. The highest BCUT2D eigenvalue weighted by Crippen LogP contribution is 2.09. The summed E-state index contributed by atoms with van der Waals surface area (Å²) in [7, 11) is 1.24. The van der Waals surface area contributed by atoms with Crippen molar-refractivity contribution in [2.45, 2.75) is 32.9 Å². The van der Waals surface area contributed by atoms with Crippen molar-refractivity contribution in [1.29, 1.82) is 0 Å². The van der Waals surface area contributed by atoms with Gasteiger partial charge in [0.05, 0.1) is 13.7 Å². The molecule has 0 fully saturated rings. The molecule has 0 aliphatic carbocycles. The first kappa shape index (κ1) is 22.9. The van der Waals surface area contributed by atoms with E-state index in [1.165, 1.54) is 7.11 Å². The van der Waals surface area contributed by atoms with Crippen molar-refractivity contribution < 1.29 is 28.7 Å². The molecule has 1 aromatic carbocycles. The van der Waals surface area contributed by atoms with E-state index < -0.39 is 29.9 Å². The maximum Gasteiger partial charge on any atom is 0.407 e. The number of esters is 1. The average Bonchev–Trinajstić information content (AvgIpc) is 2.72. The van der Waals surface area contributed by atoms with Gasteiger partial charge in [-0.3, -0.25) is 9.59 Å². The van der Waals surface area contributed by atoms with Gasteiger partial charge in [-0.15, -0.1) is 0 Å². The van der Waals surface area contributed by atoms with Crippen molar-refractivity contribution in [2.75, 3.05) is 20.2 Å². The number of nitrogens with one attached hydrogen (secondary N) is 3. The quantitative estimate of drug-likeness (QED) is 0.504. The van der Waals surface area contributed by atoms with E-state index in [1.54, 1.807) is 12.1 Å². The Bertz CT molecular complexity index is 665. The van der Waals surface area contributed by atoms with Crippen molar-refractivity contribution in [3.8, 4) is 0 Å². The average molecular weight is 393 g/mol. The van der Waals surface area contributed by atoms with Crippen molar-refractivity contribution >= 4 is 23.9 Å². The van der Waals surface area contributed by atoms with Crippen LogP contribution in [0.25, 0.3) is 0 Å². The lowest BCUT2D eigenvalue weighted by Crippen LogP contribution is -2.49. The minimum Gasteiger partial charge on any atom is -0.467 e. The highest BCUT2D eigenvalue weighted by Gasteiger charge is 2.26. The SMILES string of the molecule is CCC(C)C(NC(=O)CNC(=O)CNC(=O)OCc1ccccc1)C(=O)OC. The molecule has 28 heavy (non-hydrogen) atoms. The van der Waals surface area contributed by atoms with Crippen LogP contribution in [-0.4, -0.2) is 50.1 Å². The molecule has 0 heterocycles. The molecule has 0 radical (unpaired) electrons.